The van der Waals surface area contributed by atoms with Crippen LogP contribution in [0.4, 0.5) is 5.69 Å². The molecule has 0 heterocycles. The third kappa shape index (κ3) is 7.24. The van der Waals surface area contributed by atoms with E-state index in [1.165, 1.54) is 36.4 Å². The van der Waals surface area contributed by atoms with Crippen LogP contribution >= 0.6 is 12.2 Å². The van der Waals surface area contributed by atoms with Crippen LogP contribution in [0.1, 0.15) is 5.56 Å². The van der Waals surface area contributed by atoms with E-state index in [0.717, 1.165) is 11.1 Å². The Morgan fingerprint density at radius 2 is 1.62 bits per heavy atom. The molecule has 3 aromatic carbocycles. The molecule has 0 aliphatic carbocycles. The van der Waals surface area contributed by atoms with Gasteiger partial charge in [0.15, 0.2) is 11.7 Å². The fraction of sp³-hybridized carbons (Fsp3) is 0.0417. The predicted octanol–water partition coefficient (Wildman–Crippen LogP) is 3.38. The molecule has 0 atom stereocenters. The third-order valence-electron chi connectivity index (χ3n) is 4.41. The highest BCUT2D eigenvalue weighted by atomic mass is 32.1. The Morgan fingerprint density at radius 3 is 2.32 bits per heavy atom. The molecule has 0 saturated carbocycles. The molecule has 34 heavy (non-hydrogen) atoms. The molecule has 0 saturated heterocycles. The summed E-state index contributed by atoms with van der Waals surface area (Å²) in [6.07, 6.45) is 2.68. The number of ether oxygens (including phenoxy) is 1. The Balaban J connectivity index is 1.43. The van der Waals surface area contributed by atoms with Gasteiger partial charge >= 0.3 is 0 Å². The fourth-order valence-corrected chi connectivity index (χ4v) is 2.97. The van der Waals surface area contributed by atoms with Crippen LogP contribution in [0.25, 0.3) is 17.2 Å². The molecule has 10 heteroatoms. The van der Waals surface area contributed by atoms with Gasteiger partial charge in [0.2, 0.25) is 5.91 Å². The minimum atomic E-state index is -0.543. The van der Waals surface area contributed by atoms with E-state index in [1.807, 2.05) is 48.5 Å². The Hall–Kier alpha value is -4.57. The Kier molecular flexibility index (Phi) is 8.42. The summed E-state index contributed by atoms with van der Waals surface area (Å²) < 4.78 is 5.64. The summed E-state index contributed by atoms with van der Waals surface area (Å²) in [4.78, 5) is 34.2. The van der Waals surface area contributed by atoms with E-state index in [9.17, 15) is 19.7 Å². The molecule has 3 aromatic rings. The van der Waals surface area contributed by atoms with E-state index in [2.05, 4.69) is 16.2 Å². The van der Waals surface area contributed by atoms with Crippen LogP contribution in [-0.4, -0.2) is 28.5 Å². The minimum absolute atomic E-state index is 0.0461. The van der Waals surface area contributed by atoms with Crippen LogP contribution in [0.15, 0.2) is 84.9 Å². The number of rotatable bonds is 7. The fourth-order valence-electron chi connectivity index (χ4n) is 2.82. The minimum Gasteiger partial charge on any atom is -0.483 e. The number of amides is 2. The second-order valence-corrected chi connectivity index (χ2v) is 7.23. The largest absolute Gasteiger partial charge is 0.483 e. The van der Waals surface area contributed by atoms with Crippen molar-refractivity contribution in [3.63, 3.8) is 0 Å². The number of hydrogen-bond acceptors (Lipinski definition) is 6. The molecule has 2 amide bonds. The summed E-state index contributed by atoms with van der Waals surface area (Å²) in [7, 11) is 0. The van der Waals surface area contributed by atoms with Crippen LogP contribution in [0.2, 0.25) is 0 Å². The maximum Gasteiger partial charge on any atom is 0.276 e. The summed E-state index contributed by atoms with van der Waals surface area (Å²) in [6.45, 7) is -0.270. The predicted molar refractivity (Wildman–Crippen MR) is 132 cm³/mol. The van der Waals surface area contributed by atoms with Crippen LogP contribution in [0, 0.1) is 10.1 Å². The van der Waals surface area contributed by atoms with Gasteiger partial charge < -0.3 is 4.74 Å². The van der Waals surface area contributed by atoms with Gasteiger partial charge in [0.1, 0.15) is 5.75 Å². The van der Waals surface area contributed by atoms with Crippen molar-refractivity contribution in [1.82, 2.24) is 16.2 Å². The number of non-ortho nitro benzene ring substituents is 1. The second kappa shape index (κ2) is 11.9. The average Bonchev–Trinajstić information content (AvgIpc) is 2.86. The molecule has 0 radical (unpaired) electrons. The molecule has 172 valence electrons. The van der Waals surface area contributed by atoms with Gasteiger partial charge in [-0.25, -0.2) is 0 Å². The van der Waals surface area contributed by atoms with Crippen molar-refractivity contribution in [2.45, 2.75) is 0 Å². The van der Waals surface area contributed by atoms with E-state index in [4.69, 9.17) is 17.0 Å². The number of nitro groups is 1. The van der Waals surface area contributed by atoms with Crippen molar-refractivity contribution in [2.75, 3.05) is 6.61 Å². The molecule has 3 rings (SSSR count). The van der Waals surface area contributed by atoms with Gasteiger partial charge in [0.25, 0.3) is 11.6 Å². The number of nitrogens with one attached hydrogen (secondary N) is 3. The number of carbonyl (C=O) groups excluding carboxylic acids is 2. The van der Waals surface area contributed by atoms with Crippen LogP contribution in [0.5, 0.6) is 5.75 Å². The molecule has 0 aliphatic heterocycles. The lowest BCUT2D eigenvalue weighted by Gasteiger charge is -2.13. The quantitative estimate of drug-likeness (QED) is 0.207. The molecule has 9 nitrogen and oxygen atoms in total. The van der Waals surface area contributed by atoms with Crippen molar-refractivity contribution in [3.05, 3.63) is 101 Å². The first-order valence-corrected chi connectivity index (χ1v) is 10.4. The summed E-state index contributed by atoms with van der Waals surface area (Å²) in [6, 6.07) is 22.7. The first-order valence-electron chi connectivity index (χ1n) is 10.0. The SMILES string of the molecule is O=C(/C=C/c1ccc([N+](=O)[O-])cc1)NC(=S)NNC(=O)COc1ccccc1-c1ccccc1. The Bertz CT molecular complexity index is 1210. The number of hydrogen-bond donors (Lipinski definition) is 3. The van der Waals surface area contributed by atoms with E-state index in [-0.39, 0.29) is 17.4 Å². The number of carbonyl (C=O) groups is 2. The number of para-hydroxylation sites is 1. The summed E-state index contributed by atoms with van der Waals surface area (Å²) in [5.74, 6) is -0.491. The summed E-state index contributed by atoms with van der Waals surface area (Å²) >= 11 is 4.98. The monoisotopic (exact) mass is 476 g/mol. The molecule has 0 fully saturated rings. The van der Waals surface area contributed by atoms with Gasteiger partial charge in [-0.15, -0.1) is 0 Å². The van der Waals surface area contributed by atoms with Gasteiger partial charge in [0.05, 0.1) is 4.92 Å². The number of thiocarbonyl (C=S) groups is 1. The number of benzene rings is 3. The smallest absolute Gasteiger partial charge is 0.276 e. The topological polar surface area (TPSA) is 123 Å². The average molecular weight is 477 g/mol. The first-order chi connectivity index (χ1) is 16.4. The third-order valence-corrected chi connectivity index (χ3v) is 4.62. The highest BCUT2D eigenvalue weighted by molar-refractivity contribution is 7.80. The molecule has 0 aliphatic rings. The molecule has 0 spiro atoms. The zero-order valence-corrected chi connectivity index (χ0v) is 18.6. The molecular formula is C24H20N4O5S. The number of hydrazine groups is 1. The van der Waals surface area contributed by atoms with Crippen LogP contribution in [-0.2, 0) is 9.59 Å². The Morgan fingerprint density at radius 1 is 0.941 bits per heavy atom. The summed E-state index contributed by atoms with van der Waals surface area (Å²) in [5, 5.41) is 12.9. The standard InChI is InChI=1S/C24H20N4O5S/c29-22(15-12-17-10-13-19(14-11-17)28(31)32)25-24(34)27-26-23(30)16-33-21-9-5-4-8-20(21)18-6-2-1-3-7-18/h1-15H,16H2,(H,26,30)(H2,25,27,29,34)/b15-12+. The number of nitro benzene ring substituents is 1. The zero-order valence-electron chi connectivity index (χ0n) is 17.8. The molecule has 0 unspecified atom stereocenters. The van der Waals surface area contributed by atoms with E-state index in [0.29, 0.717) is 11.3 Å². The zero-order chi connectivity index (χ0) is 24.3. The Labute approximate surface area is 200 Å². The van der Waals surface area contributed by atoms with Crippen molar-refractivity contribution in [1.29, 1.82) is 0 Å². The number of nitrogens with zero attached hydrogens (tertiary/aromatic N) is 1. The van der Waals surface area contributed by atoms with Crippen molar-refractivity contribution < 1.29 is 19.2 Å². The molecule has 0 bridgehead atoms. The first kappa shape index (κ1) is 24.1. The van der Waals surface area contributed by atoms with Gasteiger partial charge in [-0.2, -0.15) is 0 Å². The normalized spacial score (nSPS) is 10.4. The maximum atomic E-state index is 12.1. The molecular weight excluding hydrogens is 456 g/mol. The van der Waals surface area contributed by atoms with Gasteiger partial charge in [-0.3, -0.25) is 35.9 Å². The molecule has 0 aromatic heterocycles. The van der Waals surface area contributed by atoms with E-state index in [1.54, 1.807) is 6.07 Å². The maximum absolute atomic E-state index is 12.1. The van der Waals surface area contributed by atoms with E-state index < -0.39 is 16.7 Å². The van der Waals surface area contributed by atoms with E-state index >= 15 is 0 Å². The van der Waals surface area contributed by atoms with Gasteiger partial charge in [0, 0.05) is 23.8 Å². The van der Waals surface area contributed by atoms with Crippen molar-refractivity contribution >= 4 is 40.9 Å². The lowest BCUT2D eigenvalue weighted by atomic mass is 10.1. The summed E-state index contributed by atoms with van der Waals surface area (Å²) in [5.41, 5.74) is 7.14. The van der Waals surface area contributed by atoms with Crippen LogP contribution < -0.4 is 20.9 Å². The van der Waals surface area contributed by atoms with Gasteiger partial charge in [-0.1, -0.05) is 48.5 Å². The van der Waals surface area contributed by atoms with Crippen LogP contribution in [0.3, 0.4) is 0 Å². The van der Waals surface area contributed by atoms with Crippen molar-refractivity contribution in [3.8, 4) is 16.9 Å². The molecule has 3 N–H and O–H groups in total. The van der Waals surface area contributed by atoms with Crippen molar-refractivity contribution in [2.24, 2.45) is 0 Å². The lowest BCUT2D eigenvalue weighted by Crippen LogP contribution is -2.49. The highest BCUT2D eigenvalue weighted by Gasteiger charge is 2.09. The van der Waals surface area contributed by atoms with Gasteiger partial charge in [-0.05, 0) is 47.6 Å². The highest BCUT2D eigenvalue weighted by Crippen LogP contribution is 2.29. The lowest BCUT2D eigenvalue weighted by molar-refractivity contribution is -0.384. The second-order valence-electron chi connectivity index (χ2n) is 6.82.